The predicted molar refractivity (Wildman–Crippen MR) is 116 cm³/mol. The van der Waals surface area contributed by atoms with E-state index in [-0.39, 0.29) is 11.7 Å². The number of benzene rings is 3. The second kappa shape index (κ2) is 7.18. The molecular formula is C23H20N2O4S. The maximum Gasteiger partial charge on any atom is 0.236 e. The topological polar surface area (TPSA) is 75.7 Å². The van der Waals surface area contributed by atoms with Crippen molar-refractivity contribution in [1.29, 1.82) is 0 Å². The van der Waals surface area contributed by atoms with Crippen LogP contribution in [0.15, 0.2) is 72.8 Å². The van der Waals surface area contributed by atoms with Gasteiger partial charge < -0.3 is 10.1 Å². The number of ether oxygens (including phenoxy) is 1. The number of nitrogens with one attached hydrogen (secondary N) is 1. The van der Waals surface area contributed by atoms with Gasteiger partial charge >= 0.3 is 0 Å². The lowest BCUT2D eigenvalue weighted by atomic mass is 9.87. The van der Waals surface area contributed by atoms with E-state index in [4.69, 9.17) is 4.74 Å². The van der Waals surface area contributed by atoms with Crippen LogP contribution in [-0.2, 0) is 14.8 Å². The Hall–Kier alpha value is -3.32. The highest BCUT2D eigenvalue weighted by molar-refractivity contribution is 7.93. The summed E-state index contributed by atoms with van der Waals surface area (Å²) in [5.41, 5.74) is 2.72. The highest BCUT2D eigenvalue weighted by Crippen LogP contribution is 2.44. The minimum atomic E-state index is -3.28. The number of fused-ring (bicyclic) bond motifs is 2. The van der Waals surface area contributed by atoms with Crippen LogP contribution in [0.25, 0.3) is 0 Å². The van der Waals surface area contributed by atoms with Gasteiger partial charge in [0.25, 0.3) is 0 Å². The molecule has 0 bridgehead atoms. The van der Waals surface area contributed by atoms with Gasteiger partial charge in [0.15, 0.2) is 0 Å². The summed E-state index contributed by atoms with van der Waals surface area (Å²) >= 11 is 0. The van der Waals surface area contributed by atoms with Crippen molar-refractivity contribution < 1.29 is 17.9 Å². The Labute approximate surface area is 175 Å². The Morgan fingerprint density at radius 3 is 2.23 bits per heavy atom. The molecule has 3 aromatic carbocycles. The van der Waals surface area contributed by atoms with Crippen LogP contribution < -0.4 is 14.4 Å². The largest absolute Gasteiger partial charge is 0.457 e. The highest BCUT2D eigenvalue weighted by atomic mass is 32.2. The molecule has 7 heteroatoms. The fourth-order valence-electron chi connectivity index (χ4n) is 4.08. The standard InChI is InChI=1S/C23H20N2O4S/c26-23(24-16-7-5-8-17(15-16)25-13-6-14-30(25,27)28)22-18-9-1-3-11-20(18)29-21-12-4-2-10-19(21)22/h1-5,7-12,15,22H,6,13-14H2,(H,24,26). The van der Waals surface area contributed by atoms with E-state index in [0.29, 0.717) is 35.8 Å². The molecule has 2 heterocycles. The van der Waals surface area contributed by atoms with Crippen molar-refractivity contribution in [2.24, 2.45) is 0 Å². The zero-order chi connectivity index (χ0) is 20.7. The molecule has 2 aliphatic rings. The van der Waals surface area contributed by atoms with Crippen LogP contribution in [0.4, 0.5) is 11.4 Å². The summed E-state index contributed by atoms with van der Waals surface area (Å²) in [6.07, 6.45) is 0.606. The summed E-state index contributed by atoms with van der Waals surface area (Å²) in [7, 11) is -3.28. The summed E-state index contributed by atoms with van der Waals surface area (Å²) in [5.74, 6) is 0.755. The molecule has 0 unspecified atom stereocenters. The molecule has 30 heavy (non-hydrogen) atoms. The molecule has 0 aliphatic carbocycles. The van der Waals surface area contributed by atoms with Crippen molar-refractivity contribution in [1.82, 2.24) is 0 Å². The first-order valence-electron chi connectivity index (χ1n) is 9.80. The monoisotopic (exact) mass is 420 g/mol. The number of para-hydroxylation sites is 2. The molecule has 1 saturated heterocycles. The van der Waals surface area contributed by atoms with Crippen LogP contribution in [0, 0.1) is 0 Å². The number of hydrogen-bond donors (Lipinski definition) is 1. The Bertz CT molecular complexity index is 1190. The Morgan fingerprint density at radius 2 is 1.60 bits per heavy atom. The molecule has 152 valence electrons. The van der Waals surface area contributed by atoms with Crippen LogP contribution in [0.3, 0.4) is 0 Å². The maximum atomic E-state index is 13.4. The lowest BCUT2D eigenvalue weighted by Gasteiger charge is -2.27. The minimum Gasteiger partial charge on any atom is -0.457 e. The van der Waals surface area contributed by atoms with Gasteiger partial charge in [-0.2, -0.15) is 0 Å². The Balaban J connectivity index is 1.48. The van der Waals surface area contributed by atoms with Crippen molar-refractivity contribution in [2.45, 2.75) is 12.3 Å². The van der Waals surface area contributed by atoms with E-state index in [1.807, 2.05) is 48.5 Å². The number of carbonyl (C=O) groups excluding carboxylic acids is 1. The van der Waals surface area contributed by atoms with E-state index < -0.39 is 15.9 Å². The van der Waals surface area contributed by atoms with Crippen molar-refractivity contribution in [3.8, 4) is 11.5 Å². The zero-order valence-electron chi connectivity index (χ0n) is 16.1. The number of sulfonamides is 1. The molecule has 0 radical (unpaired) electrons. The Kier molecular flexibility index (Phi) is 4.47. The van der Waals surface area contributed by atoms with Gasteiger partial charge in [-0.15, -0.1) is 0 Å². The van der Waals surface area contributed by atoms with Gasteiger partial charge in [-0.05, 0) is 36.8 Å². The summed E-state index contributed by atoms with van der Waals surface area (Å²) in [6.45, 7) is 0.459. The van der Waals surface area contributed by atoms with Gasteiger partial charge in [0.1, 0.15) is 11.5 Å². The molecule has 1 fully saturated rings. The van der Waals surface area contributed by atoms with E-state index in [1.165, 1.54) is 4.31 Å². The SMILES string of the molecule is O=C(Nc1cccc(N2CCCS2(=O)=O)c1)C1c2ccccc2Oc2ccccc21. The predicted octanol–water partition coefficient (Wildman–Crippen LogP) is 4.10. The molecule has 0 aromatic heterocycles. The van der Waals surface area contributed by atoms with Crippen molar-refractivity contribution in [3.63, 3.8) is 0 Å². The quantitative estimate of drug-likeness (QED) is 0.692. The first-order chi connectivity index (χ1) is 14.5. The third-order valence-electron chi connectivity index (χ3n) is 5.44. The van der Waals surface area contributed by atoms with Gasteiger partial charge in [-0.25, -0.2) is 8.42 Å². The first-order valence-corrected chi connectivity index (χ1v) is 11.4. The van der Waals surface area contributed by atoms with Crippen LogP contribution in [0.2, 0.25) is 0 Å². The lowest BCUT2D eigenvalue weighted by Crippen LogP contribution is -2.26. The highest BCUT2D eigenvalue weighted by Gasteiger charge is 2.33. The van der Waals surface area contributed by atoms with Gasteiger partial charge in [0.05, 0.1) is 17.4 Å². The molecule has 2 aliphatic heterocycles. The van der Waals surface area contributed by atoms with Crippen molar-refractivity contribution >= 4 is 27.3 Å². The fraction of sp³-hybridized carbons (Fsp3) is 0.174. The van der Waals surface area contributed by atoms with Gasteiger partial charge in [-0.3, -0.25) is 9.10 Å². The number of nitrogens with zero attached hydrogens (tertiary/aromatic N) is 1. The summed E-state index contributed by atoms with van der Waals surface area (Å²) in [6, 6.07) is 22.0. The van der Waals surface area contributed by atoms with Gasteiger partial charge in [0.2, 0.25) is 15.9 Å². The van der Waals surface area contributed by atoms with E-state index in [9.17, 15) is 13.2 Å². The molecular weight excluding hydrogens is 400 g/mol. The molecule has 5 rings (SSSR count). The minimum absolute atomic E-state index is 0.152. The molecule has 0 atom stereocenters. The van der Waals surface area contributed by atoms with E-state index in [0.717, 1.165) is 11.1 Å². The van der Waals surface area contributed by atoms with Crippen LogP contribution in [-0.4, -0.2) is 26.6 Å². The normalized spacial score (nSPS) is 17.0. The molecule has 0 spiro atoms. The van der Waals surface area contributed by atoms with Crippen LogP contribution >= 0.6 is 0 Å². The average Bonchev–Trinajstić information content (AvgIpc) is 3.11. The number of anilines is 2. The molecule has 6 nitrogen and oxygen atoms in total. The number of amides is 1. The van der Waals surface area contributed by atoms with E-state index in [2.05, 4.69) is 5.32 Å². The molecule has 0 saturated carbocycles. The lowest BCUT2D eigenvalue weighted by molar-refractivity contribution is -0.116. The van der Waals surface area contributed by atoms with Gasteiger partial charge in [-0.1, -0.05) is 42.5 Å². The number of carbonyl (C=O) groups is 1. The Morgan fingerprint density at radius 1 is 0.933 bits per heavy atom. The van der Waals surface area contributed by atoms with Crippen molar-refractivity contribution in [2.75, 3.05) is 21.9 Å². The second-order valence-corrected chi connectivity index (χ2v) is 9.40. The molecule has 1 N–H and O–H groups in total. The smallest absolute Gasteiger partial charge is 0.236 e. The molecule has 3 aromatic rings. The van der Waals surface area contributed by atoms with Crippen molar-refractivity contribution in [3.05, 3.63) is 83.9 Å². The molecule has 1 amide bonds. The first kappa shape index (κ1) is 18.7. The average molecular weight is 420 g/mol. The third kappa shape index (κ3) is 3.21. The summed E-state index contributed by atoms with van der Waals surface area (Å²) in [5, 5.41) is 2.97. The van der Waals surface area contributed by atoms with Crippen LogP contribution in [0.1, 0.15) is 23.5 Å². The number of hydrogen-bond acceptors (Lipinski definition) is 4. The van der Waals surface area contributed by atoms with E-state index in [1.54, 1.807) is 24.3 Å². The fourth-order valence-corrected chi connectivity index (χ4v) is 5.63. The maximum absolute atomic E-state index is 13.4. The van der Waals surface area contributed by atoms with Crippen LogP contribution in [0.5, 0.6) is 11.5 Å². The zero-order valence-corrected chi connectivity index (χ0v) is 16.9. The summed E-state index contributed by atoms with van der Waals surface area (Å²) < 4.78 is 31.9. The number of rotatable bonds is 3. The third-order valence-corrected chi connectivity index (χ3v) is 7.31. The van der Waals surface area contributed by atoms with Gasteiger partial charge in [0, 0.05) is 23.4 Å². The second-order valence-electron chi connectivity index (χ2n) is 7.39. The van der Waals surface area contributed by atoms with E-state index >= 15 is 0 Å². The summed E-state index contributed by atoms with van der Waals surface area (Å²) in [4.78, 5) is 13.4.